The molecule has 1 heterocycles. The van der Waals surface area contributed by atoms with Gasteiger partial charge in [0.25, 0.3) is 0 Å². The molecule has 3 aromatic rings. The Hall–Kier alpha value is -3.06. The van der Waals surface area contributed by atoms with Crippen LogP contribution in [0.15, 0.2) is 42.6 Å². The van der Waals surface area contributed by atoms with E-state index in [-0.39, 0.29) is 0 Å². The van der Waals surface area contributed by atoms with E-state index in [0.717, 1.165) is 29.0 Å². The quantitative estimate of drug-likeness (QED) is 0.586. The Morgan fingerprint density at radius 3 is 2.75 bits per heavy atom. The van der Waals surface area contributed by atoms with E-state index in [1.165, 1.54) is 0 Å². The fourth-order valence-corrected chi connectivity index (χ4v) is 2.81. The fraction of sp³-hybridized carbons (Fsp3) is 0.250. The number of aromatic nitrogens is 3. The first-order valence-electron chi connectivity index (χ1n) is 8.76. The lowest BCUT2D eigenvalue weighted by Gasteiger charge is -2.13. The van der Waals surface area contributed by atoms with Crippen molar-refractivity contribution in [2.24, 2.45) is 0 Å². The molecule has 0 amide bonds. The predicted octanol–water partition coefficient (Wildman–Crippen LogP) is 4.25. The first kappa shape index (κ1) is 19.7. The molecule has 2 aromatic carbocycles. The number of benzene rings is 2. The van der Waals surface area contributed by atoms with E-state index in [1.807, 2.05) is 31.2 Å². The molecule has 0 aliphatic rings. The zero-order valence-electron chi connectivity index (χ0n) is 16.0. The van der Waals surface area contributed by atoms with E-state index in [9.17, 15) is 0 Å². The summed E-state index contributed by atoms with van der Waals surface area (Å²) in [6, 6.07) is 11.6. The summed E-state index contributed by atoms with van der Waals surface area (Å²) >= 11 is 6.16. The predicted molar refractivity (Wildman–Crippen MR) is 111 cm³/mol. The van der Waals surface area contributed by atoms with Crippen LogP contribution in [0.2, 0.25) is 5.02 Å². The number of anilines is 3. The number of rotatable bonds is 8. The van der Waals surface area contributed by atoms with Gasteiger partial charge in [-0.25, -0.2) is 0 Å². The second-order valence-electron chi connectivity index (χ2n) is 6.12. The number of nitrogens with one attached hydrogen (secondary N) is 2. The Bertz CT molecular complexity index is 952. The molecule has 0 fully saturated rings. The van der Waals surface area contributed by atoms with Crippen LogP contribution in [0.3, 0.4) is 0 Å². The first-order valence-corrected chi connectivity index (χ1v) is 9.14. The Morgan fingerprint density at radius 2 is 1.96 bits per heavy atom. The Morgan fingerprint density at radius 1 is 1.11 bits per heavy atom. The van der Waals surface area contributed by atoms with Gasteiger partial charge in [0.05, 0.1) is 26.1 Å². The molecule has 7 nitrogen and oxygen atoms in total. The van der Waals surface area contributed by atoms with Gasteiger partial charge < -0.3 is 20.1 Å². The molecule has 0 saturated heterocycles. The highest BCUT2D eigenvalue weighted by molar-refractivity contribution is 6.31. The number of aryl methyl sites for hydroxylation is 1. The zero-order valence-corrected chi connectivity index (χ0v) is 16.7. The van der Waals surface area contributed by atoms with Gasteiger partial charge in [-0.15, -0.1) is 5.10 Å². The van der Waals surface area contributed by atoms with Crippen LogP contribution in [0.1, 0.15) is 11.1 Å². The minimum atomic E-state index is 0.442. The van der Waals surface area contributed by atoms with Crippen molar-refractivity contribution < 1.29 is 9.47 Å². The van der Waals surface area contributed by atoms with Gasteiger partial charge in [-0.1, -0.05) is 23.7 Å². The fourth-order valence-electron chi connectivity index (χ4n) is 2.65. The summed E-state index contributed by atoms with van der Waals surface area (Å²) in [5.74, 6) is 2.46. The smallest absolute Gasteiger partial charge is 0.244 e. The summed E-state index contributed by atoms with van der Waals surface area (Å²) in [4.78, 5) is 4.45. The average Bonchev–Trinajstić information content (AvgIpc) is 2.71. The highest BCUT2D eigenvalue weighted by Crippen LogP contribution is 2.32. The molecule has 0 aliphatic carbocycles. The topological polar surface area (TPSA) is 81.2 Å². The zero-order chi connectivity index (χ0) is 19.9. The lowest BCUT2D eigenvalue weighted by atomic mass is 10.1. The normalized spacial score (nSPS) is 10.4. The van der Waals surface area contributed by atoms with Crippen LogP contribution < -0.4 is 20.1 Å². The highest BCUT2D eigenvalue weighted by Gasteiger charge is 2.09. The van der Waals surface area contributed by atoms with Gasteiger partial charge in [0, 0.05) is 17.6 Å². The molecule has 3 rings (SSSR count). The maximum Gasteiger partial charge on any atom is 0.244 e. The number of ether oxygens (including phenoxy) is 2. The number of nitrogens with zero attached hydrogens (tertiary/aromatic N) is 3. The van der Waals surface area contributed by atoms with Gasteiger partial charge >= 0.3 is 0 Å². The van der Waals surface area contributed by atoms with Crippen LogP contribution in [-0.4, -0.2) is 35.9 Å². The van der Waals surface area contributed by atoms with Gasteiger partial charge in [-0.3, -0.25) is 0 Å². The third-order valence-corrected chi connectivity index (χ3v) is 4.54. The molecule has 2 N–H and O–H groups in total. The third-order valence-electron chi connectivity index (χ3n) is 4.13. The third kappa shape index (κ3) is 5.01. The summed E-state index contributed by atoms with van der Waals surface area (Å²) in [6.45, 7) is 2.60. The molecule has 0 saturated carbocycles. The van der Waals surface area contributed by atoms with Crippen LogP contribution in [0, 0.1) is 6.92 Å². The van der Waals surface area contributed by atoms with E-state index >= 15 is 0 Å². The molecule has 146 valence electrons. The summed E-state index contributed by atoms with van der Waals surface area (Å²) in [5.41, 5.74) is 2.85. The number of hydrogen-bond donors (Lipinski definition) is 2. The number of hydrogen-bond acceptors (Lipinski definition) is 7. The molecule has 8 heteroatoms. The number of methoxy groups -OCH3 is 2. The summed E-state index contributed by atoms with van der Waals surface area (Å²) < 4.78 is 10.6. The average molecular weight is 400 g/mol. The first-order chi connectivity index (χ1) is 13.6. The lowest BCUT2D eigenvalue weighted by molar-refractivity contribution is 0.414. The molecular weight excluding hydrogens is 378 g/mol. The van der Waals surface area contributed by atoms with Crippen LogP contribution in [0.4, 0.5) is 17.5 Å². The molecule has 0 spiro atoms. The van der Waals surface area contributed by atoms with Gasteiger partial charge in [0.1, 0.15) is 11.5 Å². The molecule has 1 aromatic heterocycles. The van der Waals surface area contributed by atoms with E-state index in [0.29, 0.717) is 29.1 Å². The van der Waals surface area contributed by atoms with Crippen molar-refractivity contribution >= 4 is 29.1 Å². The van der Waals surface area contributed by atoms with Gasteiger partial charge in [-0.2, -0.15) is 10.1 Å². The SMILES string of the molecule is COc1cccc(CCNc2nncc(Nc3cc(C)c(Cl)cc3OC)n2)c1. The minimum Gasteiger partial charge on any atom is -0.497 e. The van der Waals surface area contributed by atoms with E-state index in [4.69, 9.17) is 21.1 Å². The monoisotopic (exact) mass is 399 g/mol. The molecule has 0 aliphatic heterocycles. The van der Waals surface area contributed by atoms with E-state index < -0.39 is 0 Å². The van der Waals surface area contributed by atoms with Crippen molar-refractivity contribution in [3.8, 4) is 11.5 Å². The van der Waals surface area contributed by atoms with Gasteiger partial charge in [0.15, 0.2) is 5.82 Å². The number of halogens is 1. The van der Waals surface area contributed by atoms with Gasteiger partial charge in [0.2, 0.25) is 5.95 Å². The van der Waals surface area contributed by atoms with Crippen molar-refractivity contribution in [1.29, 1.82) is 0 Å². The van der Waals surface area contributed by atoms with Crippen molar-refractivity contribution in [1.82, 2.24) is 15.2 Å². The summed E-state index contributed by atoms with van der Waals surface area (Å²) in [6.07, 6.45) is 2.36. The van der Waals surface area contributed by atoms with Crippen molar-refractivity contribution in [2.45, 2.75) is 13.3 Å². The standard InChI is InChI=1S/C20H22ClN5O2/c1-13-9-17(18(28-3)11-16(13)21)24-19-12-23-26-20(25-19)22-8-7-14-5-4-6-15(10-14)27-2/h4-6,9-12H,7-8H2,1-3H3,(H2,22,24,25,26). The van der Waals surface area contributed by atoms with Crippen LogP contribution in [0.25, 0.3) is 0 Å². The van der Waals surface area contributed by atoms with Crippen LogP contribution >= 0.6 is 11.6 Å². The van der Waals surface area contributed by atoms with Crippen LogP contribution in [-0.2, 0) is 6.42 Å². The Labute approximate surface area is 169 Å². The van der Waals surface area contributed by atoms with Crippen LogP contribution in [0.5, 0.6) is 11.5 Å². The highest BCUT2D eigenvalue weighted by atomic mass is 35.5. The second kappa shape index (κ2) is 9.23. The molecular formula is C20H22ClN5O2. The van der Waals surface area contributed by atoms with Crippen molar-refractivity contribution in [3.05, 3.63) is 58.7 Å². The maximum absolute atomic E-state index is 6.16. The molecule has 0 unspecified atom stereocenters. The molecule has 0 radical (unpaired) electrons. The second-order valence-corrected chi connectivity index (χ2v) is 6.53. The summed E-state index contributed by atoms with van der Waals surface area (Å²) in [7, 11) is 3.25. The van der Waals surface area contributed by atoms with Crippen molar-refractivity contribution in [3.63, 3.8) is 0 Å². The van der Waals surface area contributed by atoms with Gasteiger partial charge in [-0.05, 0) is 42.7 Å². The van der Waals surface area contributed by atoms with E-state index in [2.05, 4.69) is 31.9 Å². The Kier molecular flexibility index (Phi) is 6.49. The van der Waals surface area contributed by atoms with E-state index in [1.54, 1.807) is 26.5 Å². The molecule has 0 bridgehead atoms. The molecule has 0 atom stereocenters. The Balaban J connectivity index is 1.65. The largest absolute Gasteiger partial charge is 0.497 e. The lowest BCUT2D eigenvalue weighted by Crippen LogP contribution is -2.10. The molecule has 28 heavy (non-hydrogen) atoms. The minimum absolute atomic E-state index is 0.442. The van der Waals surface area contributed by atoms with Crippen molar-refractivity contribution in [2.75, 3.05) is 31.4 Å². The maximum atomic E-state index is 6.16. The summed E-state index contributed by atoms with van der Waals surface area (Å²) in [5, 5.41) is 15.1.